The molecule has 2 aliphatic carbocycles. The SMILES string of the molecule is O=C=NC(N=Nc1ccc(Cl)cc1)(C1CC1)C1CC1. The van der Waals surface area contributed by atoms with Crippen molar-refractivity contribution in [2.45, 2.75) is 31.3 Å². The van der Waals surface area contributed by atoms with Crippen molar-refractivity contribution in [3.05, 3.63) is 29.3 Å². The van der Waals surface area contributed by atoms with Crippen LogP contribution in [0, 0.1) is 11.8 Å². The molecular formula is C14H14ClN3O. The molecule has 0 bridgehead atoms. The third-order valence-corrected chi connectivity index (χ3v) is 3.99. The second kappa shape index (κ2) is 4.87. The molecule has 0 saturated heterocycles. The standard InChI is InChI=1S/C14H14ClN3O/c15-12-5-7-13(8-6-12)17-18-14(16-9-19,10-1-2-10)11-3-4-11/h5-8,10-11H,1-4H2. The zero-order chi connectivity index (χ0) is 13.3. The highest BCUT2D eigenvalue weighted by Gasteiger charge is 2.55. The van der Waals surface area contributed by atoms with Crippen LogP contribution in [0.3, 0.4) is 0 Å². The van der Waals surface area contributed by atoms with Crippen molar-refractivity contribution in [3.8, 4) is 0 Å². The number of aliphatic imine (C=N–C) groups is 1. The van der Waals surface area contributed by atoms with Crippen molar-refractivity contribution < 1.29 is 4.79 Å². The van der Waals surface area contributed by atoms with E-state index in [1.807, 2.05) is 0 Å². The van der Waals surface area contributed by atoms with Crippen LogP contribution < -0.4 is 0 Å². The van der Waals surface area contributed by atoms with E-state index in [0.29, 0.717) is 16.9 Å². The number of halogens is 1. The monoisotopic (exact) mass is 275 g/mol. The molecule has 0 aliphatic heterocycles. The zero-order valence-electron chi connectivity index (χ0n) is 10.4. The number of hydrogen-bond donors (Lipinski definition) is 0. The lowest BCUT2D eigenvalue weighted by molar-refractivity contribution is 0.324. The highest BCUT2D eigenvalue weighted by Crippen LogP contribution is 2.55. The molecule has 1 aromatic rings. The van der Waals surface area contributed by atoms with Crippen LogP contribution in [0.4, 0.5) is 5.69 Å². The summed E-state index contributed by atoms with van der Waals surface area (Å²) in [5.41, 5.74) is 0.0812. The normalized spacial score (nSPS) is 19.4. The molecule has 0 spiro atoms. The molecule has 0 unspecified atom stereocenters. The van der Waals surface area contributed by atoms with Crippen LogP contribution in [0.2, 0.25) is 5.02 Å². The highest BCUT2D eigenvalue weighted by molar-refractivity contribution is 6.30. The molecule has 2 fully saturated rings. The van der Waals surface area contributed by atoms with Gasteiger partial charge in [-0.1, -0.05) is 11.6 Å². The Morgan fingerprint density at radius 3 is 2.16 bits per heavy atom. The zero-order valence-corrected chi connectivity index (χ0v) is 11.2. The number of nitrogens with zero attached hydrogens (tertiary/aromatic N) is 3. The number of benzene rings is 1. The maximum absolute atomic E-state index is 10.7. The van der Waals surface area contributed by atoms with Gasteiger partial charge in [-0.2, -0.15) is 15.2 Å². The second-order valence-electron chi connectivity index (χ2n) is 5.21. The van der Waals surface area contributed by atoms with Gasteiger partial charge in [0, 0.05) is 16.9 Å². The van der Waals surface area contributed by atoms with Gasteiger partial charge >= 0.3 is 0 Å². The molecule has 0 amide bonds. The number of hydrogen-bond acceptors (Lipinski definition) is 4. The minimum atomic E-state index is -0.651. The van der Waals surface area contributed by atoms with Crippen molar-refractivity contribution in [1.29, 1.82) is 0 Å². The van der Waals surface area contributed by atoms with Crippen LogP contribution in [0.5, 0.6) is 0 Å². The van der Waals surface area contributed by atoms with Crippen LogP contribution in [0.25, 0.3) is 0 Å². The fourth-order valence-corrected chi connectivity index (χ4v) is 2.56. The Hall–Kier alpha value is -1.51. The summed E-state index contributed by atoms with van der Waals surface area (Å²) >= 11 is 5.83. The Kier molecular flexibility index (Phi) is 3.21. The fourth-order valence-electron chi connectivity index (χ4n) is 2.44. The van der Waals surface area contributed by atoms with Crippen molar-refractivity contribution in [1.82, 2.24) is 0 Å². The van der Waals surface area contributed by atoms with Crippen LogP contribution >= 0.6 is 11.6 Å². The van der Waals surface area contributed by atoms with E-state index < -0.39 is 5.66 Å². The third kappa shape index (κ3) is 2.60. The van der Waals surface area contributed by atoms with E-state index >= 15 is 0 Å². The first-order valence-corrected chi connectivity index (χ1v) is 6.90. The Morgan fingerprint density at radius 1 is 1.11 bits per heavy atom. The minimum Gasteiger partial charge on any atom is -0.211 e. The van der Waals surface area contributed by atoms with Crippen molar-refractivity contribution in [2.75, 3.05) is 0 Å². The molecule has 19 heavy (non-hydrogen) atoms. The number of isocyanates is 1. The van der Waals surface area contributed by atoms with Crippen LogP contribution in [0.15, 0.2) is 39.5 Å². The molecule has 0 atom stereocenters. The summed E-state index contributed by atoms with van der Waals surface area (Å²) in [4.78, 5) is 14.8. The summed E-state index contributed by atoms with van der Waals surface area (Å²) in [5, 5.41) is 9.34. The maximum atomic E-state index is 10.7. The molecule has 4 nitrogen and oxygen atoms in total. The molecule has 2 saturated carbocycles. The van der Waals surface area contributed by atoms with Gasteiger partial charge in [0.15, 0.2) is 5.66 Å². The number of azo groups is 1. The summed E-state index contributed by atoms with van der Waals surface area (Å²) in [6.07, 6.45) is 5.98. The molecule has 0 aromatic heterocycles. The van der Waals surface area contributed by atoms with Crippen LogP contribution in [-0.4, -0.2) is 11.7 Å². The molecule has 3 rings (SSSR count). The van der Waals surface area contributed by atoms with Crippen LogP contribution in [-0.2, 0) is 4.79 Å². The lowest BCUT2D eigenvalue weighted by Crippen LogP contribution is -2.29. The molecule has 0 radical (unpaired) electrons. The van der Waals surface area contributed by atoms with E-state index in [0.717, 1.165) is 31.4 Å². The summed E-state index contributed by atoms with van der Waals surface area (Å²) in [5.74, 6) is 0.718. The van der Waals surface area contributed by atoms with E-state index in [2.05, 4.69) is 15.2 Å². The Bertz CT molecular complexity index is 528. The quantitative estimate of drug-likeness (QED) is 0.450. The van der Waals surface area contributed by atoms with Gasteiger partial charge in [-0.05, 0) is 49.9 Å². The average molecular weight is 276 g/mol. The van der Waals surface area contributed by atoms with Gasteiger partial charge in [-0.15, -0.1) is 0 Å². The largest absolute Gasteiger partial charge is 0.237 e. The van der Waals surface area contributed by atoms with Gasteiger partial charge in [0.1, 0.15) is 0 Å². The second-order valence-corrected chi connectivity index (χ2v) is 5.65. The predicted molar refractivity (Wildman–Crippen MR) is 72.3 cm³/mol. The molecule has 98 valence electrons. The first kappa shape index (κ1) is 12.5. The van der Waals surface area contributed by atoms with Crippen molar-refractivity contribution >= 4 is 23.4 Å². The molecule has 2 aliphatic rings. The van der Waals surface area contributed by atoms with Gasteiger partial charge in [0.25, 0.3) is 0 Å². The van der Waals surface area contributed by atoms with Gasteiger partial charge in [0.05, 0.1) is 5.69 Å². The minimum absolute atomic E-state index is 0.359. The smallest absolute Gasteiger partial charge is 0.211 e. The van der Waals surface area contributed by atoms with Crippen molar-refractivity contribution in [3.63, 3.8) is 0 Å². The Balaban J connectivity index is 1.88. The summed E-state index contributed by atoms with van der Waals surface area (Å²) in [6.45, 7) is 0. The molecule has 1 aromatic carbocycles. The first-order chi connectivity index (χ1) is 9.24. The fraction of sp³-hybridized carbons (Fsp3) is 0.500. The molecule has 0 N–H and O–H groups in total. The van der Waals surface area contributed by atoms with E-state index in [1.54, 1.807) is 30.3 Å². The molecule has 0 heterocycles. The lowest BCUT2D eigenvalue weighted by Gasteiger charge is -2.21. The summed E-state index contributed by atoms with van der Waals surface area (Å²) in [6, 6.07) is 7.16. The topological polar surface area (TPSA) is 54.1 Å². The predicted octanol–water partition coefficient (Wildman–Crippen LogP) is 4.28. The maximum Gasteiger partial charge on any atom is 0.237 e. The van der Waals surface area contributed by atoms with Gasteiger partial charge in [-0.3, -0.25) is 0 Å². The third-order valence-electron chi connectivity index (χ3n) is 3.73. The summed E-state index contributed by atoms with van der Waals surface area (Å²) < 4.78 is 0. The van der Waals surface area contributed by atoms with E-state index in [4.69, 9.17) is 11.6 Å². The van der Waals surface area contributed by atoms with Gasteiger partial charge < -0.3 is 0 Å². The first-order valence-electron chi connectivity index (χ1n) is 6.52. The van der Waals surface area contributed by atoms with E-state index in [9.17, 15) is 4.79 Å². The van der Waals surface area contributed by atoms with Crippen molar-refractivity contribution in [2.24, 2.45) is 27.1 Å². The summed E-state index contributed by atoms with van der Waals surface area (Å²) in [7, 11) is 0. The van der Waals surface area contributed by atoms with E-state index in [1.165, 1.54) is 0 Å². The lowest BCUT2D eigenvalue weighted by atomic mass is 10.0. The number of rotatable bonds is 5. The van der Waals surface area contributed by atoms with Gasteiger partial charge in [0.2, 0.25) is 6.08 Å². The highest BCUT2D eigenvalue weighted by atomic mass is 35.5. The van der Waals surface area contributed by atoms with Crippen LogP contribution in [0.1, 0.15) is 25.7 Å². The van der Waals surface area contributed by atoms with Gasteiger partial charge in [-0.25, -0.2) is 4.79 Å². The average Bonchev–Trinajstić information content (AvgIpc) is 3.29. The molecular weight excluding hydrogens is 262 g/mol. The van der Waals surface area contributed by atoms with E-state index in [-0.39, 0.29) is 0 Å². The molecule has 5 heteroatoms. The Labute approximate surface area is 116 Å². The number of carbonyl (C=O) groups excluding carboxylic acids is 1. The Morgan fingerprint density at radius 2 is 1.68 bits per heavy atom.